The second-order valence-corrected chi connectivity index (χ2v) is 13.1. The molecule has 0 saturated heterocycles. The van der Waals surface area contributed by atoms with Crippen molar-refractivity contribution in [3.05, 3.63) is 133 Å². The number of amides is 1. The second-order valence-electron chi connectivity index (χ2n) is 11.3. The van der Waals surface area contributed by atoms with Crippen LogP contribution < -0.4 is 5.32 Å². The Morgan fingerprint density at radius 2 is 1.19 bits per heavy atom. The van der Waals surface area contributed by atoms with Crippen molar-refractivity contribution in [2.45, 2.75) is 38.5 Å². The molecule has 0 bridgehead atoms. The summed E-state index contributed by atoms with van der Waals surface area (Å²) in [5.74, 6) is -2.55. The molecule has 1 N–H and O–H groups in total. The van der Waals surface area contributed by atoms with Crippen LogP contribution in [0.4, 0.5) is 14.5 Å². The standard InChI is InChI=1S/C21H15BrF2N2O.C16H14BrNO2/c22-15-8-7-12-3-1-4-13-9-14(11-25-19(13)16(12)10-15)21(27)26-20-17(23)5-2-6-18(20)24;1-20-16(19)12-7-11-4-2-3-10-5-6-13(17)8-14(10)15(11)18-9-12/h2,5-11H,1,3-4H2,(H,26,27);5-9H,2-4H2,1H3. The number of methoxy groups -OCH3 is 1. The van der Waals surface area contributed by atoms with Crippen LogP contribution in [0.5, 0.6) is 0 Å². The molecule has 2 heterocycles. The molecule has 0 fully saturated rings. The molecular formula is C37H29Br2F2N3O3. The summed E-state index contributed by atoms with van der Waals surface area (Å²) in [6.07, 6.45) is 8.73. The summed E-state index contributed by atoms with van der Waals surface area (Å²) in [6, 6.07) is 19.5. The predicted molar refractivity (Wildman–Crippen MR) is 184 cm³/mol. The van der Waals surface area contributed by atoms with E-state index in [1.54, 1.807) is 12.3 Å². The van der Waals surface area contributed by atoms with Gasteiger partial charge in [-0.25, -0.2) is 13.6 Å². The summed E-state index contributed by atoms with van der Waals surface area (Å²) in [5, 5.41) is 2.31. The molecule has 2 aliphatic rings. The summed E-state index contributed by atoms with van der Waals surface area (Å²) in [7, 11) is 1.39. The number of benzene rings is 3. The van der Waals surface area contributed by atoms with Crippen molar-refractivity contribution in [2.24, 2.45) is 0 Å². The molecule has 0 radical (unpaired) electrons. The summed E-state index contributed by atoms with van der Waals surface area (Å²) in [6.45, 7) is 0. The average Bonchev–Trinajstić information content (AvgIpc) is 3.37. The van der Waals surface area contributed by atoms with Crippen LogP contribution >= 0.6 is 31.9 Å². The number of fused-ring (bicyclic) bond motifs is 6. The molecule has 6 nitrogen and oxygen atoms in total. The molecule has 7 rings (SSSR count). The van der Waals surface area contributed by atoms with E-state index in [1.165, 1.54) is 30.5 Å². The number of hydrogen-bond donors (Lipinski definition) is 1. The summed E-state index contributed by atoms with van der Waals surface area (Å²) in [4.78, 5) is 33.1. The lowest BCUT2D eigenvalue weighted by Crippen LogP contribution is -2.15. The van der Waals surface area contributed by atoms with Gasteiger partial charge in [0.25, 0.3) is 5.91 Å². The fourth-order valence-corrected chi connectivity index (χ4v) is 6.68. The van der Waals surface area contributed by atoms with Crippen molar-refractivity contribution in [2.75, 3.05) is 12.4 Å². The van der Waals surface area contributed by atoms with Gasteiger partial charge >= 0.3 is 5.97 Å². The van der Waals surface area contributed by atoms with Crippen LogP contribution in [0, 0.1) is 11.6 Å². The fraction of sp³-hybridized carbons (Fsp3) is 0.189. The normalized spacial score (nSPS) is 12.9. The van der Waals surface area contributed by atoms with Crippen LogP contribution in [0.3, 0.4) is 0 Å². The van der Waals surface area contributed by atoms with E-state index in [-0.39, 0.29) is 11.5 Å². The Morgan fingerprint density at radius 1 is 0.702 bits per heavy atom. The number of pyridine rings is 2. The third-order valence-electron chi connectivity index (χ3n) is 8.26. The van der Waals surface area contributed by atoms with Gasteiger partial charge in [0.2, 0.25) is 0 Å². The molecule has 0 atom stereocenters. The lowest BCUT2D eigenvalue weighted by atomic mass is 10.0. The molecule has 0 unspecified atom stereocenters. The van der Waals surface area contributed by atoms with Crippen molar-refractivity contribution in [3.63, 3.8) is 0 Å². The SMILES string of the molecule is COC(=O)c1cnc2c(c1)CCCc1ccc(Br)cc1-2.O=C(Nc1c(F)cccc1F)c1cnc2c(c1)CCCc1ccc(Br)cc1-2. The van der Waals surface area contributed by atoms with Crippen LogP contribution in [0.25, 0.3) is 22.5 Å². The van der Waals surface area contributed by atoms with Gasteiger partial charge < -0.3 is 10.1 Å². The first-order valence-electron chi connectivity index (χ1n) is 15.1. The maximum Gasteiger partial charge on any atom is 0.339 e. The highest BCUT2D eigenvalue weighted by molar-refractivity contribution is 9.10. The first kappa shape index (κ1) is 32.7. The Balaban J connectivity index is 0.000000172. The number of carbonyl (C=O) groups excluding carboxylic acids is 2. The summed E-state index contributed by atoms with van der Waals surface area (Å²) in [5.41, 5.74) is 8.96. The average molecular weight is 761 g/mol. The Kier molecular flexibility index (Phi) is 9.89. The zero-order valence-electron chi connectivity index (χ0n) is 25.4. The number of nitrogens with one attached hydrogen (secondary N) is 1. The lowest BCUT2D eigenvalue weighted by molar-refractivity contribution is 0.0600. The van der Waals surface area contributed by atoms with E-state index in [2.05, 4.69) is 71.4 Å². The van der Waals surface area contributed by atoms with Gasteiger partial charge in [-0.05, 0) is 109 Å². The minimum absolute atomic E-state index is 0.273. The highest BCUT2D eigenvalue weighted by Crippen LogP contribution is 2.35. The molecule has 0 saturated carbocycles. The Morgan fingerprint density at radius 3 is 1.72 bits per heavy atom. The number of halogens is 4. The van der Waals surface area contributed by atoms with Crippen LogP contribution in [-0.2, 0) is 30.4 Å². The maximum atomic E-state index is 13.8. The van der Waals surface area contributed by atoms with Crippen LogP contribution in [0.1, 0.15) is 55.8 Å². The molecule has 0 spiro atoms. The molecule has 5 aromatic rings. The quantitative estimate of drug-likeness (QED) is 0.186. The number of esters is 1. The third kappa shape index (κ3) is 7.18. The zero-order chi connectivity index (χ0) is 33.1. The smallest absolute Gasteiger partial charge is 0.339 e. The van der Waals surface area contributed by atoms with Crippen LogP contribution in [0.15, 0.2) is 88.1 Å². The number of ether oxygens (including phenoxy) is 1. The van der Waals surface area contributed by atoms with Crippen molar-refractivity contribution in [1.82, 2.24) is 9.97 Å². The Labute approximate surface area is 287 Å². The van der Waals surface area contributed by atoms with Crippen molar-refractivity contribution < 1.29 is 23.1 Å². The van der Waals surface area contributed by atoms with E-state index in [0.717, 1.165) is 93.2 Å². The molecule has 10 heteroatoms. The van der Waals surface area contributed by atoms with Crippen molar-refractivity contribution >= 4 is 49.4 Å². The Hall–Kier alpha value is -4.28. The van der Waals surface area contributed by atoms with E-state index in [4.69, 9.17) is 4.74 Å². The number of nitrogens with zero attached hydrogens (tertiary/aromatic N) is 2. The van der Waals surface area contributed by atoms with E-state index in [9.17, 15) is 18.4 Å². The highest BCUT2D eigenvalue weighted by atomic mass is 79.9. The van der Waals surface area contributed by atoms with Gasteiger partial charge in [-0.3, -0.25) is 14.8 Å². The monoisotopic (exact) mass is 759 g/mol. The summed E-state index contributed by atoms with van der Waals surface area (Å²) >= 11 is 7.01. The molecule has 2 aliphatic carbocycles. The summed E-state index contributed by atoms with van der Waals surface area (Å²) < 4.78 is 34.3. The van der Waals surface area contributed by atoms with Crippen LogP contribution in [-0.4, -0.2) is 29.0 Å². The fourth-order valence-electron chi connectivity index (χ4n) is 5.96. The molecule has 3 aromatic carbocycles. The molecule has 238 valence electrons. The molecule has 1 amide bonds. The largest absolute Gasteiger partial charge is 0.465 e. The maximum absolute atomic E-state index is 13.8. The van der Waals surface area contributed by atoms with E-state index in [0.29, 0.717) is 5.56 Å². The number of carbonyl (C=O) groups is 2. The van der Waals surface area contributed by atoms with Crippen molar-refractivity contribution in [3.8, 4) is 22.5 Å². The van der Waals surface area contributed by atoms with Gasteiger partial charge in [0.1, 0.15) is 17.3 Å². The first-order valence-corrected chi connectivity index (χ1v) is 16.7. The predicted octanol–water partition coefficient (Wildman–Crippen LogP) is 9.32. The van der Waals surface area contributed by atoms with E-state index >= 15 is 0 Å². The number of aryl methyl sites for hydroxylation is 4. The number of para-hydroxylation sites is 1. The lowest BCUT2D eigenvalue weighted by Gasteiger charge is -2.11. The van der Waals surface area contributed by atoms with Crippen LogP contribution in [0.2, 0.25) is 0 Å². The van der Waals surface area contributed by atoms with Crippen molar-refractivity contribution in [1.29, 1.82) is 0 Å². The van der Waals surface area contributed by atoms with E-state index in [1.807, 2.05) is 18.2 Å². The molecule has 2 aromatic heterocycles. The number of hydrogen-bond acceptors (Lipinski definition) is 5. The van der Waals surface area contributed by atoms with Gasteiger partial charge in [-0.15, -0.1) is 0 Å². The number of rotatable bonds is 3. The molecule has 47 heavy (non-hydrogen) atoms. The first-order chi connectivity index (χ1) is 22.7. The minimum atomic E-state index is -0.815. The number of aromatic nitrogens is 2. The zero-order valence-corrected chi connectivity index (χ0v) is 28.6. The second kappa shape index (κ2) is 14.2. The highest BCUT2D eigenvalue weighted by Gasteiger charge is 2.21. The van der Waals surface area contributed by atoms with Gasteiger partial charge in [0.15, 0.2) is 0 Å². The molecular weight excluding hydrogens is 732 g/mol. The van der Waals surface area contributed by atoms with Gasteiger partial charge in [-0.2, -0.15) is 0 Å². The minimum Gasteiger partial charge on any atom is -0.465 e. The third-order valence-corrected chi connectivity index (χ3v) is 9.24. The Bertz CT molecular complexity index is 2000. The van der Waals surface area contributed by atoms with E-state index < -0.39 is 23.2 Å². The molecule has 0 aliphatic heterocycles. The topological polar surface area (TPSA) is 81.2 Å². The van der Waals surface area contributed by atoms with Gasteiger partial charge in [0.05, 0.1) is 29.6 Å². The number of anilines is 1. The van der Waals surface area contributed by atoms with Gasteiger partial charge in [0, 0.05) is 32.5 Å². The van der Waals surface area contributed by atoms with Gasteiger partial charge in [-0.1, -0.05) is 50.1 Å².